The molecule has 0 atom stereocenters. The molecular formula is C22H26N6. The fraction of sp³-hybridized carbons (Fsp3) is 0.318. The van der Waals surface area contributed by atoms with Crippen molar-refractivity contribution in [1.82, 2.24) is 15.0 Å². The van der Waals surface area contributed by atoms with Crippen LogP contribution in [0.15, 0.2) is 61.2 Å². The first-order chi connectivity index (χ1) is 13.8. The summed E-state index contributed by atoms with van der Waals surface area (Å²) in [6.45, 7) is 5.30. The highest BCUT2D eigenvalue weighted by Crippen LogP contribution is 2.25. The van der Waals surface area contributed by atoms with E-state index >= 15 is 0 Å². The van der Waals surface area contributed by atoms with Crippen molar-refractivity contribution in [2.75, 3.05) is 28.6 Å². The van der Waals surface area contributed by atoms with E-state index in [9.17, 15) is 0 Å². The largest absolute Gasteiger partial charge is 0.372 e. The number of anilines is 4. The Bertz CT molecular complexity index is 873. The lowest BCUT2D eigenvalue weighted by Crippen LogP contribution is -2.32. The van der Waals surface area contributed by atoms with Gasteiger partial charge in [0.15, 0.2) is 0 Å². The number of pyridine rings is 1. The molecule has 0 bridgehead atoms. The maximum atomic E-state index is 4.33. The molecule has 6 heteroatoms. The molecule has 0 radical (unpaired) electrons. The lowest BCUT2D eigenvalue weighted by molar-refractivity contribution is 0.438. The van der Waals surface area contributed by atoms with Gasteiger partial charge < -0.3 is 15.5 Å². The quantitative estimate of drug-likeness (QED) is 0.664. The Morgan fingerprint density at radius 3 is 2.57 bits per heavy atom. The van der Waals surface area contributed by atoms with Crippen molar-refractivity contribution in [2.24, 2.45) is 5.92 Å². The number of aromatic nitrogens is 3. The van der Waals surface area contributed by atoms with E-state index < -0.39 is 0 Å². The van der Waals surface area contributed by atoms with E-state index in [0.717, 1.165) is 41.9 Å². The Hall–Kier alpha value is -3.15. The smallest absolute Gasteiger partial charge is 0.135 e. The van der Waals surface area contributed by atoms with Crippen molar-refractivity contribution in [2.45, 2.75) is 26.3 Å². The Labute approximate surface area is 166 Å². The maximum absolute atomic E-state index is 4.33. The lowest BCUT2D eigenvalue weighted by Gasteiger charge is -2.32. The first-order valence-electron chi connectivity index (χ1n) is 9.83. The molecular weight excluding hydrogens is 348 g/mol. The van der Waals surface area contributed by atoms with Gasteiger partial charge in [-0.25, -0.2) is 9.97 Å². The molecule has 0 spiro atoms. The second kappa shape index (κ2) is 8.69. The summed E-state index contributed by atoms with van der Waals surface area (Å²) in [6.07, 6.45) is 7.73. The second-order valence-corrected chi connectivity index (χ2v) is 7.34. The minimum Gasteiger partial charge on any atom is -0.372 e. The highest BCUT2D eigenvalue weighted by molar-refractivity contribution is 5.62. The monoisotopic (exact) mass is 374 g/mol. The zero-order valence-corrected chi connectivity index (χ0v) is 16.2. The molecule has 144 valence electrons. The standard InChI is InChI=1S/C22H26N6/c1-17-8-11-28(12-9-17)20-6-4-19(5-7-20)27-22-13-21(25-16-26-22)24-15-18-3-2-10-23-14-18/h2-7,10,13-14,16-17H,8-9,11-12,15H2,1H3,(H2,24,25,26,27). The number of hydrogen-bond donors (Lipinski definition) is 2. The number of nitrogens with zero attached hydrogens (tertiary/aromatic N) is 4. The van der Waals surface area contributed by atoms with E-state index in [1.807, 2.05) is 24.4 Å². The Morgan fingerprint density at radius 2 is 1.82 bits per heavy atom. The molecule has 2 N–H and O–H groups in total. The van der Waals surface area contributed by atoms with Gasteiger partial charge in [-0.05, 0) is 54.7 Å². The molecule has 6 nitrogen and oxygen atoms in total. The topological polar surface area (TPSA) is 66.0 Å². The van der Waals surface area contributed by atoms with Crippen LogP contribution in [0.3, 0.4) is 0 Å². The third-order valence-electron chi connectivity index (χ3n) is 5.15. The van der Waals surface area contributed by atoms with Gasteiger partial charge in [0.05, 0.1) is 0 Å². The zero-order valence-electron chi connectivity index (χ0n) is 16.2. The number of piperidine rings is 1. The van der Waals surface area contributed by atoms with Gasteiger partial charge in [-0.1, -0.05) is 13.0 Å². The van der Waals surface area contributed by atoms with Crippen LogP contribution in [0, 0.1) is 5.92 Å². The predicted molar refractivity (Wildman–Crippen MR) is 114 cm³/mol. The Kier molecular flexibility index (Phi) is 5.66. The summed E-state index contributed by atoms with van der Waals surface area (Å²) in [5.41, 5.74) is 3.42. The van der Waals surface area contributed by atoms with Crippen LogP contribution in [0.4, 0.5) is 23.0 Å². The molecule has 0 amide bonds. The molecule has 1 saturated heterocycles. The van der Waals surface area contributed by atoms with Crippen molar-refractivity contribution in [3.8, 4) is 0 Å². The Morgan fingerprint density at radius 1 is 1.04 bits per heavy atom. The molecule has 1 aliphatic heterocycles. The fourth-order valence-corrected chi connectivity index (χ4v) is 3.39. The zero-order chi connectivity index (χ0) is 19.2. The van der Waals surface area contributed by atoms with Crippen LogP contribution in [-0.2, 0) is 6.54 Å². The van der Waals surface area contributed by atoms with Gasteiger partial charge in [0.2, 0.25) is 0 Å². The summed E-state index contributed by atoms with van der Waals surface area (Å²) in [5.74, 6) is 2.39. The SMILES string of the molecule is CC1CCN(c2ccc(Nc3cc(NCc4cccnc4)ncn3)cc2)CC1. The van der Waals surface area contributed by atoms with Gasteiger partial charge >= 0.3 is 0 Å². The molecule has 0 aliphatic carbocycles. The number of nitrogens with one attached hydrogen (secondary N) is 2. The van der Waals surface area contributed by atoms with Crippen LogP contribution in [0.25, 0.3) is 0 Å². The van der Waals surface area contributed by atoms with E-state index in [1.165, 1.54) is 18.5 Å². The number of benzene rings is 1. The van der Waals surface area contributed by atoms with Gasteiger partial charge in [0.25, 0.3) is 0 Å². The molecule has 1 fully saturated rings. The van der Waals surface area contributed by atoms with Gasteiger partial charge in [0.1, 0.15) is 18.0 Å². The summed E-state index contributed by atoms with van der Waals surface area (Å²) < 4.78 is 0. The fourth-order valence-electron chi connectivity index (χ4n) is 3.39. The van der Waals surface area contributed by atoms with E-state index in [0.29, 0.717) is 6.54 Å². The lowest BCUT2D eigenvalue weighted by atomic mass is 9.99. The first-order valence-corrected chi connectivity index (χ1v) is 9.83. The van der Waals surface area contributed by atoms with E-state index in [2.05, 4.69) is 61.7 Å². The molecule has 1 aliphatic rings. The normalized spacial score (nSPS) is 14.7. The van der Waals surface area contributed by atoms with Crippen LogP contribution in [0.5, 0.6) is 0 Å². The second-order valence-electron chi connectivity index (χ2n) is 7.34. The van der Waals surface area contributed by atoms with Crippen molar-refractivity contribution >= 4 is 23.0 Å². The molecule has 28 heavy (non-hydrogen) atoms. The van der Waals surface area contributed by atoms with Crippen molar-refractivity contribution in [3.63, 3.8) is 0 Å². The number of hydrogen-bond acceptors (Lipinski definition) is 6. The van der Waals surface area contributed by atoms with Crippen LogP contribution >= 0.6 is 0 Å². The summed E-state index contributed by atoms with van der Waals surface area (Å²) in [7, 11) is 0. The molecule has 3 heterocycles. The molecule has 0 unspecified atom stereocenters. The minimum atomic E-state index is 0.674. The third-order valence-corrected chi connectivity index (χ3v) is 5.15. The highest BCUT2D eigenvalue weighted by atomic mass is 15.1. The van der Waals surface area contributed by atoms with Crippen molar-refractivity contribution in [1.29, 1.82) is 0 Å². The maximum Gasteiger partial charge on any atom is 0.135 e. The molecule has 1 aromatic carbocycles. The van der Waals surface area contributed by atoms with Crippen LogP contribution in [0.1, 0.15) is 25.3 Å². The summed E-state index contributed by atoms with van der Waals surface area (Å²) >= 11 is 0. The molecule has 2 aromatic heterocycles. The molecule has 4 rings (SSSR count). The average molecular weight is 374 g/mol. The van der Waals surface area contributed by atoms with Crippen molar-refractivity contribution < 1.29 is 0 Å². The van der Waals surface area contributed by atoms with Gasteiger partial charge in [0, 0.05) is 49.5 Å². The summed E-state index contributed by atoms with van der Waals surface area (Å²) in [6, 6.07) is 14.5. The molecule has 0 saturated carbocycles. The van der Waals surface area contributed by atoms with Gasteiger partial charge in [-0.3, -0.25) is 4.98 Å². The highest BCUT2D eigenvalue weighted by Gasteiger charge is 2.15. The van der Waals surface area contributed by atoms with E-state index in [4.69, 9.17) is 0 Å². The number of rotatable bonds is 6. The van der Waals surface area contributed by atoms with Crippen LogP contribution < -0.4 is 15.5 Å². The first kappa shape index (κ1) is 18.2. The summed E-state index contributed by atoms with van der Waals surface area (Å²) in [5, 5.41) is 6.66. The van der Waals surface area contributed by atoms with Crippen LogP contribution in [-0.4, -0.2) is 28.0 Å². The summed E-state index contributed by atoms with van der Waals surface area (Å²) in [4.78, 5) is 15.2. The minimum absolute atomic E-state index is 0.674. The van der Waals surface area contributed by atoms with E-state index in [-0.39, 0.29) is 0 Å². The van der Waals surface area contributed by atoms with E-state index in [1.54, 1.807) is 12.5 Å². The Balaban J connectivity index is 1.36. The average Bonchev–Trinajstić information content (AvgIpc) is 2.75. The van der Waals surface area contributed by atoms with Gasteiger partial charge in [-0.2, -0.15) is 0 Å². The van der Waals surface area contributed by atoms with Crippen molar-refractivity contribution in [3.05, 3.63) is 66.7 Å². The third kappa shape index (κ3) is 4.76. The predicted octanol–water partition coefficient (Wildman–Crippen LogP) is 4.46. The van der Waals surface area contributed by atoms with Gasteiger partial charge in [-0.15, -0.1) is 0 Å². The molecule has 3 aromatic rings. The van der Waals surface area contributed by atoms with Crippen LogP contribution in [0.2, 0.25) is 0 Å².